The fourth-order valence-electron chi connectivity index (χ4n) is 2.96. The van der Waals surface area contributed by atoms with Crippen LogP contribution in [0.25, 0.3) is 6.08 Å². The Bertz CT molecular complexity index is 735. The molecular formula is C22H18CrO7. The first-order valence-electron chi connectivity index (χ1n) is 8.00. The fraction of sp³-hybridized carbons (Fsp3) is 0.273. The maximum atomic E-state index is 7.50. The molecule has 2 atom stereocenters. The van der Waals surface area contributed by atoms with Crippen LogP contribution >= 0.6 is 0 Å². The molecule has 0 bridgehead atoms. The molecule has 1 aliphatic carbocycles. The van der Waals surface area contributed by atoms with Crippen LogP contribution in [-0.2, 0) is 48.6 Å². The van der Waals surface area contributed by atoms with Gasteiger partial charge in [0, 0.05) is 0 Å². The molecule has 0 aromatic heterocycles. The summed E-state index contributed by atoms with van der Waals surface area (Å²) in [6.07, 6.45) is 6.96. The Hall–Kier alpha value is -2.28. The summed E-state index contributed by atoms with van der Waals surface area (Å²) in [4.78, 5) is 0. The number of hydrogen-bond acceptors (Lipinski definition) is 2. The van der Waals surface area contributed by atoms with E-state index in [1.807, 2.05) is 6.07 Å². The molecule has 2 unspecified atom stereocenters. The molecule has 1 aromatic carbocycles. The summed E-state index contributed by atoms with van der Waals surface area (Å²) in [5.74, 6) is 0.525. The van der Waals surface area contributed by atoms with E-state index in [2.05, 4.69) is 85.5 Å². The normalized spacial score (nSPS) is 17.3. The summed E-state index contributed by atoms with van der Waals surface area (Å²) in [5.41, 5.74) is 3.78. The van der Waals surface area contributed by atoms with Crippen LogP contribution in [0.2, 0.25) is 0 Å². The van der Waals surface area contributed by atoms with E-state index in [4.69, 9.17) is 32.7 Å². The second kappa shape index (κ2) is 23.0. The van der Waals surface area contributed by atoms with E-state index >= 15 is 0 Å². The average molecular weight is 446 g/mol. The number of methoxy groups -OCH3 is 1. The molecule has 0 spiro atoms. The Morgan fingerprint density at radius 2 is 1.50 bits per heavy atom. The Labute approximate surface area is 184 Å². The molecule has 30 heavy (non-hydrogen) atoms. The van der Waals surface area contributed by atoms with Crippen LogP contribution in [0.5, 0.6) is 0 Å². The van der Waals surface area contributed by atoms with E-state index in [9.17, 15) is 0 Å². The maximum absolute atomic E-state index is 7.50. The van der Waals surface area contributed by atoms with Gasteiger partial charge in [-0.25, -0.2) is 0 Å². The van der Waals surface area contributed by atoms with Crippen molar-refractivity contribution in [1.29, 1.82) is 0 Å². The van der Waals surface area contributed by atoms with Gasteiger partial charge in [0.25, 0.3) is 0 Å². The van der Waals surface area contributed by atoms with Crippen LogP contribution < -0.4 is 0 Å². The van der Waals surface area contributed by atoms with Crippen molar-refractivity contribution < 1.29 is 48.6 Å². The summed E-state index contributed by atoms with van der Waals surface area (Å²) in [5, 5.41) is 0. The molecule has 3 rings (SSSR count). The standard InChI is InChI=1S/C17H18O2.5CO.Cr/c1-18-12-16-14(15-8-5-11-19-17(15)16)10-9-13-6-3-2-4-7-13;5*1-2;/h2-4,6-7,9-10,15,17H,5,8,11H2,1H3;;;;;;/b10-9+;;;;;;. The molecule has 2 aliphatic rings. The van der Waals surface area contributed by atoms with Crippen LogP contribution in [0.4, 0.5) is 0 Å². The van der Waals surface area contributed by atoms with Crippen LogP contribution in [-0.4, -0.2) is 24.4 Å². The summed E-state index contributed by atoms with van der Waals surface area (Å²) in [6.45, 7) is 23.4. The first-order valence-corrected chi connectivity index (χ1v) is 8.64. The molecule has 0 amide bonds. The van der Waals surface area contributed by atoms with Crippen molar-refractivity contribution in [3.63, 3.8) is 0 Å². The van der Waals surface area contributed by atoms with Gasteiger partial charge in [-0.2, -0.15) is 0 Å². The minimum absolute atomic E-state index is 0.218. The first kappa shape index (κ1) is 32.4. The molecule has 1 aliphatic heterocycles. The molecule has 0 radical (unpaired) electrons. The van der Waals surface area contributed by atoms with Gasteiger partial charge >= 0.3 is 184 Å². The quantitative estimate of drug-likeness (QED) is 0.522. The van der Waals surface area contributed by atoms with Gasteiger partial charge in [0.05, 0.1) is 0 Å². The van der Waals surface area contributed by atoms with Crippen molar-refractivity contribution in [2.24, 2.45) is 5.92 Å². The van der Waals surface area contributed by atoms with Crippen molar-refractivity contribution in [3.05, 3.63) is 86.4 Å². The van der Waals surface area contributed by atoms with Crippen LogP contribution in [0, 0.1) is 39.2 Å². The van der Waals surface area contributed by atoms with Crippen LogP contribution in [0.15, 0.2) is 47.6 Å². The molecule has 1 aromatic rings. The number of hydrogen-bond donors (Lipinski definition) is 0. The Morgan fingerprint density at radius 3 is 2.00 bits per heavy atom. The van der Waals surface area contributed by atoms with Crippen molar-refractivity contribution in [3.8, 4) is 0 Å². The SMILES string of the molecule is CO[C](=[Cr])C1=C(/C=C/c2ccccc2)C2CCCOC12.[C-]#[O+].[C-]#[O+].[C-]#[O+].[C-]#[O+].[C-]#[O+]. The van der Waals surface area contributed by atoms with Gasteiger partial charge in [-0.05, 0) is 0 Å². The van der Waals surface area contributed by atoms with Crippen molar-refractivity contribution in [2.75, 3.05) is 13.7 Å². The van der Waals surface area contributed by atoms with E-state index in [0.717, 1.165) is 17.6 Å². The predicted octanol–water partition coefficient (Wildman–Crippen LogP) is 2.94. The van der Waals surface area contributed by atoms with Crippen LogP contribution in [0.3, 0.4) is 0 Å². The van der Waals surface area contributed by atoms with Gasteiger partial charge in [0.15, 0.2) is 0 Å². The second-order valence-corrected chi connectivity index (χ2v) is 5.72. The summed E-state index contributed by atoms with van der Waals surface area (Å²) < 4.78 is 49.6. The number of benzene rings is 1. The molecule has 7 nitrogen and oxygen atoms in total. The minimum atomic E-state index is 0.218. The van der Waals surface area contributed by atoms with Crippen molar-refractivity contribution in [1.82, 2.24) is 0 Å². The van der Waals surface area contributed by atoms with Crippen molar-refractivity contribution in [2.45, 2.75) is 18.9 Å². The zero-order valence-corrected chi connectivity index (χ0v) is 17.4. The van der Waals surface area contributed by atoms with Crippen LogP contribution in [0.1, 0.15) is 18.4 Å². The van der Waals surface area contributed by atoms with Gasteiger partial charge in [-0.1, -0.05) is 0 Å². The summed E-state index contributed by atoms with van der Waals surface area (Å²) >= 11 is 3.01. The number of allylic oxidation sites excluding steroid dienone is 1. The summed E-state index contributed by atoms with van der Waals surface area (Å²) in [7, 11) is 1.70. The zero-order valence-electron chi connectivity index (χ0n) is 16.1. The Balaban J connectivity index is -0.000000642. The van der Waals surface area contributed by atoms with Gasteiger partial charge in [0.2, 0.25) is 0 Å². The Morgan fingerprint density at radius 1 is 0.967 bits per heavy atom. The molecule has 1 fully saturated rings. The number of fused-ring (bicyclic) bond motifs is 1. The van der Waals surface area contributed by atoms with E-state index < -0.39 is 0 Å². The van der Waals surface area contributed by atoms with Gasteiger partial charge in [0.1, 0.15) is 0 Å². The zero-order chi connectivity index (χ0) is 23.9. The molecule has 0 saturated carbocycles. The Kier molecular flexibility index (Phi) is 24.8. The van der Waals surface area contributed by atoms with Gasteiger partial charge in [-0.15, -0.1) is 0 Å². The topological polar surface area (TPSA) is 118 Å². The summed E-state index contributed by atoms with van der Waals surface area (Å²) in [6, 6.07) is 10.4. The third kappa shape index (κ3) is 9.96. The molecule has 154 valence electrons. The van der Waals surface area contributed by atoms with E-state index in [1.54, 1.807) is 7.11 Å². The monoisotopic (exact) mass is 446 g/mol. The molecule has 8 heteroatoms. The third-order valence-electron chi connectivity index (χ3n) is 3.98. The first-order chi connectivity index (χ1) is 14.8. The van der Waals surface area contributed by atoms with Gasteiger partial charge in [-0.3, -0.25) is 0 Å². The van der Waals surface area contributed by atoms with E-state index in [0.29, 0.717) is 5.92 Å². The fourth-order valence-corrected chi connectivity index (χ4v) is 3.32. The third-order valence-corrected chi connectivity index (χ3v) is 4.58. The van der Waals surface area contributed by atoms with Crippen molar-refractivity contribution >= 4 is 10.6 Å². The number of rotatable bonds is 4. The molecule has 1 heterocycles. The second-order valence-electron chi connectivity index (χ2n) is 5.14. The predicted molar refractivity (Wildman–Crippen MR) is 96.6 cm³/mol. The van der Waals surface area contributed by atoms with E-state index in [-0.39, 0.29) is 6.10 Å². The molecule has 1 saturated heterocycles. The van der Waals surface area contributed by atoms with Gasteiger partial charge < -0.3 is 0 Å². The molecular weight excluding hydrogens is 428 g/mol. The van der Waals surface area contributed by atoms with E-state index in [1.165, 1.54) is 23.1 Å². The number of ether oxygens (including phenoxy) is 2. The average Bonchev–Trinajstić information content (AvgIpc) is 2.86. The molecule has 0 N–H and O–H groups in total.